The van der Waals surface area contributed by atoms with Crippen molar-refractivity contribution in [2.24, 2.45) is 5.92 Å². The second-order valence-electron chi connectivity index (χ2n) is 7.83. The van der Waals surface area contributed by atoms with Gasteiger partial charge in [0.25, 0.3) is 5.91 Å². The van der Waals surface area contributed by atoms with E-state index in [0.29, 0.717) is 17.1 Å². The first-order valence-corrected chi connectivity index (χ1v) is 10.1. The lowest BCUT2D eigenvalue weighted by Crippen LogP contribution is -2.27. The summed E-state index contributed by atoms with van der Waals surface area (Å²) in [5, 5.41) is 5.59. The maximum Gasteiger partial charge on any atom is 0.392 e. The summed E-state index contributed by atoms with van der Waals surface area (Å²) in [7, 11) is 0. The Hall–Kier alpha value is -3.17. The van der Waals surface area contributed by atoms with E-state index in [2.05, 4.69) is 20.6 Å². The summed E-state index contributed by atoms with van der Waals surface area (Å²) in [6.45, 7) is 8.18. The minimum atomic E-state index is -4.31. The highest BCUT2D eigenvalue weighted by molar-refractivity contribution is 5.94. The van der Waals surface area contributed by atoms with Crippen LogP contribution in [0.25, 0.3) is 0 Å². The molecular weight excluding hydrogens is 425 g/mol. The first-order valence-electron chi connectivity index (χ1n) is 10.1. The molecule has 0 aliphatic rings. The van der Waals surface area contributed by atoms with Crippen LogP contribution in [0, 0.1) is 19.8 Å². The number of hydrogen-bond acceptors (Lipinski definition) is 5. The molecule has 0 aliphatic heterocycles. The molecule has 2 aromatic rings. The minimum absolute atomic E-state index is 0.0501. The third kappa shape index (κ3) is 7.51. The Bertz CT molecular complexity index is 977. The van der Waals surface area contributed by atoms with Crippen molar-refractivity contribution in [2.75, 3.05) is 11.9 Å². The second-order valence-corrected chi connectivity index (χ2v) is 7.83. The Kier molecular flexibility index (Phi) is 8.18. The zero-order valence-corrected chi connectivity index (χ0v) is 18.6. The van der Waals surface area contributed by atoms with Gasteiger partial charge in [0.05, 0.1) is 24.6 Å². The number of ether oxygens (including phenoxy) is 1. The third-order valence-electron chi connectivity index (χ3n) is 4.52. The van der Waals surface area contributed by atoms with Gasteiger partial charge in [-0.25, -0.2) is 9.97 Å². The number of alkyl halides is 3. The van der Waals surface area contributed by atoms with Crippen molar-refractivity contribution in [3.63, 3.8) is 0 Å². The molecule has 2 heterocycles. The van der Waals surface area contributed by atoms with Gasteiger partial charge in [-0.2, -0.15) is 13.2 Å². The van der Waals surface area contributed by atoms with Gasteiger partial charge in [0.1, 0.15) is 5.82 Å². The Labute approximate surface area is 184 Å². The average Bonchev–Trinajstić information content (AvgIpc) is 2.67. The number of rotatable bonds is 8. The van der Waals surface area contributed by atoms with E-state index in [1.165, 1.54) is 12.3 Å². The van der Waals surface area contributed by atoms with Gasteiger partial charge < -0.3 is 15.4 Å². The quantitative estimate of drug-likeness (QED) is 0.615. The molecule has 2 rings (SSSR count). The van der Waals surface area contributed by atoms with Crippen LogP contribution in [0.5, 0.6) is 5.88 Å². The summed E-state index contributed by atoms with van der Waals surface area (Å²) in [5.74, 6) is -0.317. The number of aromatic nitrogens is 2. The van der Waals surface area contributed by atoms with Crippen LogP contribution in [0.1, 0.15) is 60.4 Å². The number of pyridine rings is 2. The van der Waals surface area contributed by atoms with Crippen molar-refractivity contribution in [2.45, 2.75) is 53.3 Å². The van der Waals surface area contributed by atoms with Gasteiger partial charge >= 0.3 is 6.18 Å². The highest BCUT2D eigenvalue weighted by Gasteiger charge is 2.27. The molecule has 1 unspecified atom stereocenters. The molecule has 0 saturated heterocycles. The molecule has 0 aromatic carbocycles. The van der Waals surface area contributed by atoms with Gasteiger partial charge in [0.15, 0.2) is 0 Å². The van der Waals surface area contributed by atoms with Crippen molar-refractivity contribution >= 4 is 17.6 Å². The molecule has 0 saturated carbocycles. The van der Waals surface area contributed by atoms with Crippen LogP contribution in [-0.2, 0) is 4.79 Å². The van der Waals surface area contributed by atoms with Crippen molar-refractivity contribution < 1.29 is 27.5 Å². The van der Waals surface area contributed by atoms with E-state index in [1.54, 1.807) is 46.8 Å². The normalized spacial score (nSPS) is 12.4. The summed E-state index contributed by atoms with van der Waals surface area (Å²) in [6.07, 6.45) is -4.14. The van der Waals surface area contributed by atoms with E-state index >= 15 is 0 Å². The zero-order chi connectivity index (χ0) is 24.1. The average molecular weight is 452 g/mol. The van der Waals surface area contributed by atoms with Gasteiger partial charge in [0.2, 0.25) is 11.8 Å². The van der Waals surface area contributed by atoms with Gasteiger partial charge in [0, 0.05) is 23.4 Å². The molecule has 2 N–H and O–H groups in total. The number of anilines is 1. The SMILES string of the molecule is Cc1cc(C(C)NC(=O)c2cnc(OCCC(F)(F)F)c(C)c2)cc(NC(=O)C(C)C)n1. The lowest BCUT2D eigenvalue weighted by molar-refractivity contribution is -0.139. The van der Waals surface area contributed by atoms with E-state index in [0.717, 1.165) is 5.56 Å². The number of nitrogens with one attached hydrogen (secondary N) is 2. The molecule has 32 heavy (non-hydrogen) atoms. The molecule has 10 heteroatoms. The molecule has 1 atom stereocenters. The minimum Gasteiger partial charge on any atom is -0.477 e. The van der Waals surface area contributed by atoms with Crippen molar-refractivity contribution in [1.82, 2.24) is 15.3 Å². The molecular formula is C22H27F3N4O3. The third-order valence-corrected chi connectivity index (χ3v) is 4.52. The van der Waals surface area contributed by atoms with Crippen LogP contribution in [0.2, 0.25) is 0 Å². The number of amides is 2. The highest BCUT2D eigenvalue weighted by Crippen LogP contribution is 2.22. The van der Waals surface area contributed by atoms with E-state index in [9.17, 15) is 22.8 Å². The second kappa shape index (κ2) is 10.4. The van der Waals surface area contributed by atoms with E-state index in [1.807, 2.05) is 0 Å². The Morgan fingerprint density at radius 3 is 2.41 bits per heavy atom. The first kappa shape index (κ1) is 25.1. The molecule has 0 aliphatic carbocycles. The number of hydrogen-bond donors (Lipinski definition) is 2. The van der Waals surface area contributed by atoms with Gasteiger partial charge in [-0.05, 0) is 44.5 Å². The van der Waals surface area contributed by atoms with Crippen LogP contribution in [0.3, 0.4) is 0 Å². The number of nitrogens with zero attached hydrogens (tertiary/aromatic N) is 2. The number of carbonyl (C=O) groups is 2. The topological polar surface area (TPSA) is 93.2 Å². The summed E-state index contributed by atoms with van der Waals surface area (Å²) in [5.41, 5.74) is 2.13. The van der Waals surface area contributed by atoms with Crippen molar-refractivity contribution in [1.29, 1.82) is 0 Å². The monoisotopic (exact) mass is 452 g/mol. The predicted molar refractivity (Wildman–Crippen MR) is 113 cm³/mol. The molecule has 7 nitrogen and oxygen atoms in total. The Balaban J connectivity index is 2.06. The molecule has 0 bridgehead atoms. The lowest BCUT2D eigenvalue weighted by Gasteiger charge is -2.17. The Morgan fingerprint density at radius 1 is 1.12 bits per heavy atom. The number of carbonyl (C=O) groups excluding carboxylic acids is 2. The fourth-order valence-corrected chi connectivity index (χ4v) is 2.74. The molecule has 2 aromatic heterocycles. The molecule has 0 radical (unpaired) electrons. The van der Waals surface area contributed by atoms with Crippen LogP contribution in [0.15, 0.2) is 24.4 Å². The maximum atomic E-state index is 12.6. The van der Waals surface area contributed by atoms with Crippen molar-refractivity contribution in [3.05, 3.63) is 46.8 Å². The van der Waals surface area contributed by atoms with Gasteiger partial charge in [-0.3, -0.25) is 9.59 Å². The highest BCUT2D eigenvalue weighted by atomic mass is 19.4. The standard InChI is InChI=1S/C22H27F3N4O3/c1-12(2)19(30)29-18-10-16(9-14(4)27-18)15(5)28-20(31)17-8-13(3)21(26-11-17)32-7-6-22(23,24)25/h8-12,15H,6-7H2,1-5H3,(H,28,31)(H,27,29,30). The van der Waals surface area contributed by atoms with E-state index in [-0.39, 0.29) is 23.3 Å². The predicted octanol–water partition coefficient (Wildman–Crippen LogP) is 4.51. The fraction of sp³-hybridized carbons (Fsp3) is 0.455. The van der Waals surface area contributed by atoms with Gasteiger partial charge in [-0.1, -0.05) is 13.8 Å². The maximum absolute atomic E-state index is 12.6. The number of halogens is 3. The molecule has 174 valence electrons. The summed E-state index contributed by atoms with van der Waals surface area (Å²) in [6, 6.07) is 4.60. The van der Waals surface area contributed by atoms with E-state index < -0.39 is 31.2 Å². The summed E-state index contributed by atoms with van der Waals surface area (Å²) >= 11 is 0. The van der Waals surface area contributed by atoms with Crippen molar-refractivity contribution in [3.8, 4) is 5.88 Å². The fourth-order valence-electron chi connectivity index (χ4n) is 2.74. The van der Waals surface area contributed by atoms with Crippen LogP contribution >= 0.6 is 0 Å². The molecule has 2 amide bonds. The number of aryl methyl sites for hydroxylation is 2. The summed E-state index contributed by atoms with van der Waals surface area (Å²) in [4.78, 5) is 32.9. The van der Waals surface area contributed by atoms with Crippen LogP contribution < -0.4 is 15.4 Å². The smallest absolute Gasteiger partial charge is 0.392 e. The molecule has 0 fully saturated rings. The van der Waals surface area contributed by atoms with Gasteiger partial charge in [-0.15, -0.1) is 0 Å². The van der Waals surface area contributed by atoms with E-state index in [4.69, 9.17) is 4.74 Å². The first-order chi connectivity index (χ1) is 14.9. The Morgan fingerprint density at radius 2 is 1.81 bits per heavy atom. The largest absolute Gasteiger partial charge is 0.477 e. The van der Waals surface area contributed by atoms with Crippen LogP contribution in [0.4, 0.5) is 19.0 Å². The zero-order valence-electron chi connectivity index (χ0n) is 18.6. The van der Waals surface area contributed by atoms with Crippen LogP contribution in [-0.4, -0.2) is 34.6 Å². The summed E-state index contributed by atoms with van der Waals surface area (Å²) < 4.78 is 41.8. The molecule has 0 spiro atoms. The lowest BCUT2D eigenvalue weighted by atomic mass is 10.1.